The number of carbonyl (C=O) groups excluding carboxylic acids is 1. The van der Waals surface area contributed by atoms with Crippen molar-refractivity contribution in [2.24, 2.45) is 0 Å². The van der Waals surface area contributed by atoms with Crippen LogP contribution in [-0.4, -0.2) is 46.7 Å². The summed E-state index contributed by atoms with van der Waals surface area (Å²) in [7, 11) is -0.639. The van der Waals surface area contributed by atoms with Gasteiger partial charge in [-0.3, -0.25) is 4.98 Å². The fraction of sp³-hybridized carbons (Fsp3) is 0.600. The van der Waals surface area contributed by atoms with E-state index in [1.54, 1.807) is 24.4 Å². The third-order valence-corrected chi connectivity index (χ3v) is 4.75. The minimum atomic E-state index is -0.639. The van der Waals surface area contributed by atoms with Crippen molar-refractivity contribution in [3.63, 3.8) is 0 Å². The molecule has 1 aliphatic rings. The lowest BCUT2D eigenvalue weighted by Crippen LogP contribution is -2.41. The summed E-state index contributed by atoms with van der Waals surface area (Å²) in [6, 6.07) is 3.52. The number of hydrogen-bond donors (Lipinski definition) is 2. The largest absolute Gasteiger partial charge is 0.492 e. The highest BCUT2D eigenvalue weighted by Crippen LogP contribution is 2.38. The van der Waals surface area contributed by atoms with Gasteiger partial charge in [-0.05, 0) is 77.7 Å². The molecule has 28 heavy (non-hydrogen) atoms. The number of alkyl carbamates (subject to hydrolysis) is 1. The third-order valence-electron chi connectivity index (χ3n) is 4.75. The summed E-state index contributed by atoms with van der Waals surface area (Å²) in [5, 5.41) is 12.1. The van der Waals surface area contributed by atoms with Crippen molar-refractivity contribution in [2.45, 2.75) is 71.9 Å². The van der Waals surface area contributed by atoms with E-state index >= 15 is 0 Å². The predicted octanol–water partition coefficient (Wildman–Crippen LogP) is 3.11. The van der Waals surface area contributed by atoms with Crippen LogP contribution in [0, 0.1) is 0 Å². The number of aliphatic hydroxyl groups is 1. The quantitative estimate of drug-likeness (QED) is 0.751. The molecule has 1 saturated heterocycles. The Balaban J connectivity index is 2.26. The summed E-state index contributed by atoms with van der Waals surface area (Å²) >= 11 is 0. The lowest BCUT2D eigenvalue weighted by Gasteiger charge is -2.32. The van der Waals surface area contributed by atoms with Crippen LogP contribution >= 0.6 is 0 Å². The molecule has 0 aromatic carbocycles. The standard InChI is InChI=1S/C20H31BN2O5/c1-18(2,3)26-17(25)23-12-15(11-16-10-14(13-24)8-9-22-16)21-27-19(4,5)20(6,7)28-21/h8-11,24H,12-13H2,1-7H3,(H,23,25). The third kappa shape index (κ3) is 5.80. The van der Waals surface area contributed by atoms with Crippen LogP contribution in [0.5, 0.6) is 0 Å². The Morgan fingerprint density at radius 2 is 1.89 bits per heavy atom. The number of ether oxygens (including phenoxy) is 1. The maximum absolute atomic E-state index is 12.1. The van der Waals surface area contributed by atoms with Crippen molar-refractivity contribution in [3.05, 3.63) is 35.1 Å². The number of aromatic nitrogens is 1. The minimum absolute atomic E-state index is 0.0780. The van der Waals surface area contributed by atoms with Crippen LogP contribution in [-0.2, 0) is 20.7 Å². The van der Waals surface area contributed by atoms with E-state index in [2.05, 4.69) is 10.3 Å². The van der Waals surface area contributed by atoms with E-state index in [-0.39, 0.29) is 13.2 Å². The number of aliphatic hydroxyl groups excluding tert-OH is 1. The molecule has 2 rings (SSSR count). The first kappa shape index (κ1) is 22.4. The van der Waals surface area contributed by atoms with Crippen molar-refractivity contribution >= 4 is 19.3 Å². The maximum atomic E-state index is 12.1. The van der Waals surface area contributed by atoms with Crippen LogP contribution in [0.2, 0.25) is 0 Å². The zero-order valence-corrected chi connectivity index (χ0v) is 17.8. The molecule has 0 aliphatic carbocycles. The molecule has 0 unspecified atom stereocenters. The average Bonchev–Trinajstić information content (AvgIpc) is 2.77. The van der Waals surface area contributed by atoms with Gasteiger partial charge in [-0.25, -0.2) is 4.79 Å². The molecule has 2 heterocycles. The second-order valence-electron chi connectivity index (χ2n) is 8.91. The normalized spacial score (nSPS) is 18.9. The molecule has 1 aromatic heterocycles. The van der Waals surface area contributed by atoms with Gasteiger partial charge in [0.1, 0.15) is 5.60 Å². The van der Waals surface area contributed by atoms with Crippen molar-refractivity contribution < 1.29 is 23.9 Å². The van der Waals surface area contributed by atoms with Crippen molar-refractivity contribution in [2.75, 3.05) is 6.54 Å². The number of rotatable bonds is 5. The topological polar surface area (TPSA) is 89.9 Å². The van der Waals surface area contributed by atoms with Gasteiger partial charge in [0.25, 0.3) is 0 Å². The second-order valence-corrected chi connectivity index (χ2v) is 8.91. The molecule has 2 N–H and O–H groups in total. The Hall–Kier alpha value is -1.90. The van der Waals surface area contributed by atoms with E-state index in [1.807, 2.05) is 48.5 Å². The van der Waals surface area contributed by atoms with E-state index in [9.17, 15) is 9.90 Å². The van der Waals surface area contributed by atoms with Crippen LogP contribution in [0.15, 0.2) is 23.8 Å². The van der Waals surface area contributed by atoms with E-state index < -0.39 is 30.0 Å². The van der Waals surface area contributed by atoms with Gasteiger partial charge in [-0.2, -0.15) is 0 Å². The molecule has 1 fully saturated rings. The zero-order valence-electron chi connectivity index (χ0n) is 17.8. The summed E-state index contributed by atoms with van der Waals surface area (Å²) in [6.07, 6.45) is 2.91. The van der Waals surface area contributed by atoms with Crippen LogP contribution in [0.1, 0.15) is 59.7 Å². The fourth-order valence-corrected chi connectivity index (χ4v) is 2.55. The molecule has 0 radical (unpaired) electrons. The monoisotopic (exact) mass is 390 g/mol. The molecule has 0 spiro atoms. The lowest BCUT2D eigenvalue weighted by molar-refractivity contribution is 0.00578. The molecular formula is C20H31BN2O5. The highest BCUT2D eigenvalue weighted by molar-refractivity contribution is 6.56. The molecule has 0 bridgehead atoms. The predicted molar refractivity (Wildman–Crippen MR) is 108 cm³/mol. The summed E-state index contributed by atoms with van der Waals surface area (Å²) < 4.78 is 17.6. The first-order chi connectivity index (χ1) is 12.8. The fourth-order valence-electron chi connectivity index (χ4n) is 2.55. The van der Waals surface area contributed by atoms with E-state index in [4.69, 9.17) is 14.0 Å². The summed E-state index contributed by atoms with van der Waals surface area (Å²) in [5.74, 6) is 0. The number of pyridine rings is 1. The number of nitrogens with one attached hydrogen (secondary N) is 1. The maximum Gasteiger partial charge on any atom is 0.492 e. The van der Waals surface area contributed by atoms with Crippen LogP contribution in [0.4, 0.5) is 4.79 Å². The van der Waals surface area contributed by atoms with Crippen LogP contribution < -0.4 is 5.32 Å². The van der Waals surface area contributed by atoms with Gasteiger partial charge in [0.05, 0.1) is 23.5 Å². The number of carbonyl (C=O) groups is 1. The first-order valence-corrected chi connectivity index (χ1v) is 9.42. The first-order valence-electron chi connectivity index (χ1n) is 9.42. The SMILES string of the molecule is CC(C)(C)OC(=O)NCC(=Cc1cc(CO)ccn1)B1OC(C)(C)C(C)(C)O1. The van der Waals surface area contributed by atoms with Crippen molar-refractivity contribution in [3.8, 4) is 0 Å². The van der Waals surface area contributed by atoms with E-state index in [0.29, 0.717) is 11.2 Å². The molecular weight excluding hydrogens is 359 g/mol. The molecule has 8 heteroatoms. The molecule has 154 valence electrons. The number of amides is 1. The summed E-state index contributed by atoms with van der Waals surface area (Å²) in [5.41, 5.74) is 0.477. The Bertz CT molecular complexity index is 724. The Morgan fingerprint density at radius 3 is 2.43 bits per heavy atom. The van der Waals surface area contributed by atoms with Crippen molar-refractivity contribution in [1.82, 2.24) is 10.3 Å². The smallest absolute Gasteiger partial charge is 0.444 e. The van der Waals surface area contributed by atoms with Crippen molar-refractivity contribution in [1.29, 1.82) is 0 Å². The zero-order chi connectivity index (χ0) is 21.2. The van der Waals surface area contributed by atoms with Gasteiger partial charge >= 0.3 is 13.2 Å². The van der Waals surface area contributed by atoms with Gasteiger partial charge in [0, 0.05) is 12.7 Å². The second kappa shape index (κ2) is 8.23. The Morgan fingerprint density at radius 1 is 1.29 bits per heavy atom. The summed E-state index contributed by atoms with van der Waals surface area (Å²) in [4.78, 5) is 16.4. The minimum Gasteiger partial charge on any atom is -0.444 e. The Kier molecular flexibility index (Phi) is 6.58. The van der Waals surface area contributed by atoms with Crippen LogP contribution in [0.3, 0.4) is 0 Å². The molecule has 1 amide bonds. The molecule has 1 aliphatic heterocycles. The molecule has 7 nitrogen and oxygen atoms in total. The van der Waals surface area contributed by atoms with Gasteiger partial charge in [-0.15, -0.1) is 0 Å². The van der Waals surface area contributed by atoms with Gasteiger partial charge in [0.2, 0.25) is 0 Å². The number of nitrogens with zero attached hydrogens (tertiary/aromatic N) is 1. The van der Waals surface area contributed by atoms with E-state index in [0.717, 1.165) is 5.56 Å². The molecule has 1 aromatic rings. The number of hydrogen-bond acceptors (Lipinski definition) is 6. The van der Waals surface area contributed by atoms with Gasteiger partial charge < -0.3 is 24.5 Å². The van der Waals surface area contributed by atoms with Gasteiger partial charge in [-0.1, -0.05) is 0 Å². The average molecular weight is 390 g/mol. The Labute approximate surface area is 167 Å². The highest BCUT2D eigenvalue weighted by atomic mass is 16.7. The molecule has 0 atom stereocenters. The van der Waals surface area contributed by atoms with E-state index in [1.165, 1.54) is 0 Å². The summed E-state index contributed by atoms with van der Waals surface area (Å²) in [6.45, 7) is 13.4. The molecule has 0 saturated carbocycles. The highest BCUT2D eigenvalue weighted by Gasteiger charge is 2.52. The van der Waals surface area contributed by atoms with Crippen LogP contribution in [0.25, 0.3) is 6.08 Å². The lowest BCUT2D eigenvalue weighted by atomic mass is 9.77. The van der Waals surface area contributed by atoms with Gasteiger partial charge in [0.15, 0.2) is 0 Å².